The maximum absolute atomic E-state index is 12.7. The van der Waals surface area contributed by atoms with Crippen molar-refractivity contribution < 1.29 is 9.13 Å². The van der Waals surface area contributed by atoms with Crippen LogP contribution in [0.1, 0.15) is 13.8 Å². The molecule has 0 aromatic heterocycles. The van der Waals surface area contributed by atoms with Crippen LogP contribution in [0.4, 0.5) is 4.39 Å². The van der Waals surface area contributed by atoms with Crippen LogP contribution in [0.5, 0.6) is 0 Å². The second kappa shape index (κ2) is 3.29. The van der Waals surface area contributed by atoms with Gasteiger partial charge in [0, 0.05) is 6.54 Å². The third-order valence-corrected chi connectivity index (χ3v) is 2.08. The van der Waals surface area contributed by atoms with Crippen LogP contribution in [0.25, 0.3) is 0 Å². The van der Waals surface area contributed by atoms with Gasteiger partial charge in [0.1, 0.15) is 0 Å². The van der Waals surface area contributed by atoms with Gasteiger partial charge in [0.25, 0.3) is 0 Å². The van der Waals surface area contributed by atoms with Crippen molar-refractivity contribution in [3.8, 4) is 0 Å². The number of thiol groups is 1. The van der Waals surface area contributed by atoms with Gasteiger partial charge in [-0.05, 0) is 13.8 Å². The summed E-state index contributed by atoms with van der Waals surface area (Å²) in [5.74, 6) is 0. The molecule has 11 heavy (non-hydrogen) atoms. The summed E-state index contributed by atoms with van der Waals surface area (Å²) in [6, 6.07) is 0. The highest BCUT2D eigenvalue weighted by atomic mass is 32.1. The van der Waals surface area contributed by atoms with Crippen LogP contribution in [0.2, 0.25) is 0 Å². The molecule has 1 aliphatic rings. The standard InChI is InChI=1S/C7H14FNOS/c1-7(2,11)9-3-4-10-6(8)5-9/h6,11H,3-5H2,1-2H3. The van der Waals surface area contributed by atoms with Crippen LogP contribution in [-0.2, 0) is 4.74 Å². The summed E-state index contributed by atoms with van der Waals surface area (Å²) >= 11 is 4.34. The van der Waals surface area contributed by atoms with E-state index in [9.17, 15) is 4.39 Å². The van der Waals surface area contributed by atoms with Gasteiger partial charge in [-0.3, -0.25) is 4.90 Å². The maximum Gasteiger partial charge on any atom is 0.211 e. The van der Waals surface area contributed by atoms with E-state index in [1.165, 1.54) is 0 Å². The highest BCUT2D eigenvalue weighted by molar-refractivity contribution is 7.81. The highest BCUT2D eigenvalue weighted by Crippen LogP contribution is 2.21. The Morgan fingerprint density at radius 1 is 1.64 bits per heavy atom. The van der Waals surface area contributed by atoms with Crippen LogP contribution in [0.15, 0.2) is 0 Å². The second-order valence-electron chi connectivity index (χ2n) is 3.22. The Morgan fingerprint density at radius 2 is 2.27 bits per heavy atom. The Balaban J connectivity index is 2.46. The molecule has 1 saturated heterocycles. The van der Waals surface area contributed by atoms with E-state index in [4.69, 9.17) is 4.74 Å². The third kappa shape index (κ3) is 2.61. The fourth-order valence-electron chi connectivity index (χ4n) is 1.11. The van der Waals surface area contributed by atoms with Crippen molar-refractivity contribution in [3.63, 3.8) is 0 Å². The first-order chi connectivity index (χ1) is 5.00. The molecule has 0 bridgehead atoms. The van der Waals surface area contributed by atoms with Gasteiger partial charge in [-0.25, -0.2) is 4.39 Å². The van der Waals surface area contributed by atoms with Crippen molar-refractivity contribution in [2.75, 3.05) is 19.7 Å². The molecule has 0 aromatic rings. The SMILES string of the molecule is CC(C)(S)N1CCOC(F)C1. The fourth-order valence-corrected chi connectivity index (χ4v) is 1.29. The van der Waals surface area contributed by atoms with Gasteiger partial charge < -0.3 is 4.74 Å². The molecule has 0 aromatic carbocycles. The lowest BCUT2D eigenvalue weighted by Crippen LogP contribution is -2.49. The van der Waals surface area contributed by atoms with E-state index in [0.717, 1.165) is 6.54 Å². The molecule has 1 atom stereocenters. The lowest BCUT2D eigenvalue weighted by atomic mass is 10.3. The average Bonchev–Trinajstić information content (AvgIpc) is 1.86. The number of ether oxygens (including phenoxy) is 1. The monoisotopic (exact) mass is 179 g/mol. The molecule has 0 spiro atoms. The van der Waals surface area contributed by atoms with Gasteiger partial charge in [-0.2, -0.15) is 12.6 Å². The summed E-state index contributed by atoms with van der Waals surface area (Å²) in [5.41, 5.74) is 0. The van der Waals surface area contributed by atoms with Crippen molar-refractivity contribution >= 4 is 12.6 Å². The molecule has 0 saturated carbocycles. The molecular formula is C7H14FNOS. The largest absolute Gasteiger partial charge is 0.346 e. The van der Waals surface area contributed by atoms with Crippen molar-refractivity contribution in [2.45, 2.75) is 25.1 Å². The zero-order valence-corrected chi connectivity index (χ0v) is 7.77. The van der Waals surface area contributed by atoms with Gasteiger partial charge in [-0.15, -0.1) is 0 Å². The molecule has 1 fully saturated rings. The Kier molecular flexibility index (Phi) is 2.78. The first-order valence-corrected chi connectivity index (χ1v) is 4.18. The normalized spacial score (nSPS) is 28.9. The van der Waals surface area contributed by atoms with E-state index in [1.54, 1.807) is 0 Å². The molecule has 0 N–H and O–H groups in total. The molecular weight excluding hydrogens is 165 g/mol. The van der Waals surface area contributed by atoms with Crippen molar-refractivity contribution in [1.82, 2.24) is 4.90 Å². The first-order valence-electron chi connectivity index (χ1n) is 3.73. The Labute approximate surface area is 72.1 Å². The van der Waals surface area contributed by atoms with Crippen LogP contribution in [0, 0.1) is 0 Å². The summed E-state index contributed by atoms with van der Waals surface area (Å²) in [6.07, 6.45) is -1.14. The number of halogens is 1. The van der Waals surface area contributed by atoms with Crippen LogP contribution < -0.4 is 0 Å². The number of morpholine rings is 1. The van der Waals surface area contributed by atoms with E-state index >= 15 is 0 Å². The summed E-state index contributed by atoms with van der Waals surface area (Å²) < 4.78 is 17.4. The summed E-state index contributed by atoms with van der Waals surface area (Å²) in [7, 11) is 0. The minimum absolute atomic E-state index is 0.242. The average molecular weight is 179 g/mol. The Hall–Kier alpha value is 0.200. The number of rotatable bonds is 1. The minimum Gasteiger partial charge on any atom is -0.346 e. The molecule has 1 heterocycles. The van der Waals surface area contributed by atoms with E-state index in [1.807, 2.05) is 18.7 Å². The third-order valence-electron chi connectivity index (χ3n) is 1.80. The number of hydrogen-bond donors (Lipinski definition) is 1. The van der Waals surface area contributed by atoms with E-state index in [2.05, 4.69) is 12.6 Å². The molecule has 0 radical (unpaired) electrons. The van der Waals surface area contributed by atoms with Crippen LogP contribution in [0.3, 0.4) is 0 Å². The molecule has 66 valence electrons. The lowest BCUT2D eigenvalue weighted by molar-refractivity contribution is -0.108. The Bertz CT molecular complexity index is 137. The van der Waals surface area contributed by atoms with Gasteiger partial charge in [0.2, 0.25) is 6.36 Å². The van der Waals surface area contributed by atoms with E-state index in [-0.39, 0.29) is 4.87 Å². The predicted octanol–water partition coefficient (Wildman–Crippen LogP) is 1.28. The van der Waals surface area contributed by atoms with Crippen molar-refractivity contribution in [1.29, 1.82) is 0 Å². The number of nitrogens with zero attached hydrogens (tertiary/aromatic N) is 1. The van der Waals surface area contributed by atoms with Gasteiger partial charge >= 0.3 is 0 Å². The quantitative estimate of drug-likeness (QED) is 0.609. The lowest BCUT2D eigenvalue weighted by Gasteiger charge is -2.38. The first kappa shape index (κ1) is 9.29. The molecule has 1 unspecified atom stereocenters. The zero-order valence-electron chi connectivity index (χ0n) is 6.88. The highest BCUT2D eigenvalue weighted by Gasteiger charge is 2.28. The fraction of sp³-hybridized carbons (Fsp3) is 1.00. The molecule has 0 aliphatic carbocycles. The summed E-state index contributed by atoms with van der Waals surface area (Å²) in [4.78, 5) is 1.72. The van der Waals surface area contributed by atoms with Gasteiger partial charge in [0.15, 0.2) is 0 Å². The van der Waals surface area contributed by atoms with Crippen LogP contribution >= 0.6 is 12.6 Å². The van der Waals surface area contributed by atoms with Crippen molar-refractivity contribution in [3.05, 3.63) is 0 Å². The molecule has 4 heteroatoms. The van der Waals surface area contributed by atoms with Gasteiger partial charge in [0.05, 0.1) is 18.0 Å². The predicted molar refractivity (Wildman–Crippen MR) is 45.5 cm³/mol. The number of hydrogen-bond acceptors (Lipinski definition) is 3. The van der Waals surface area contributed by atoms with E-state index in [0.29, 0.717) is 13.2 Å². The smallest absolute Gasteiger partial charge is 0.211 e. The molecule has 1 aliphatic heterocycles. The van der Waals surface area contributed by atoms with E-state index < -0.39 is 6.36 Å². The Morgan fingerprint density at radius 3 is 2.64 bits per heavy atom. The summed E-state index contributed by atoms with van der Waals surface area (Å²) in [6.45, 7) is 5.46. The van der Waals surface area contributed by atoms with Crippen molar-refractivity contribution in [2.24, 2.45) is 0 Å². The topological polar surface area (TPSA) is 12.5 Å². The van der Waals surface area contributed by atoms with Gasteiger partial charge in [-0.1, -0.05) is 0 Å². The van der Waals surface area contributed by atoms with Crippen LogP contribution in [-0.4, -0.2) is 35.8 Å². The molecule has 1 rings (SSSR count). The number of alkyl halides is 1. The zero-order chi connectivity index (χ0) is 8.48. The molecule has 2 nitrogen and oxygen atoms in total. The maximum atomic E-state index is 12.7. The molecule has 0 amide bonds. The summed E-state index contributed by atoms with van der Waals surface area (Å²) in [5, 5.41) is 0. The minimum atomic E-state index is -1.14. The second-order valence-corrected chi connectivity index (χ2v) is 4.32.